The normalized spacial score (nSPS) is 14.6. The van der Waals surface area contributed by atoms with Crippen LogP contribution in [-0.4, -0.2) is 9.97 Å². The summed E-state index contributed by atoms with van der Waals surface area (Å²) in [6.07, 6.45) is 7.30. The van der Waals surface area contributed by atoms with Gasteiger partial charge in [-0.3, -0.25) is 0 Å². The highest BCUT2D eigenvalue weighted by Crippen LogP contribution is 2.32. The third-order valence-corrected chi connectivity index (χ3v) is 4.03. The first-order valence-corrected chi connectivity index (χ1v) is 7.39. The van der Waals surface area contributed by atoms with E-state index in [0.29, 0.717) is 5.88 Å². The van der Waals surface area contributed by atoms with Crippen molar-refractivity contribution in [3.8, 4) is 11.6 Å². The van der Waals surface area contributed by atoms with Crippen molar-refractivity contribution in [2.24, 2.45) is 0 Å². The molecule has 98 valence electrons. The Balaban J connectivity index is 1.95. The molecule has 1 aromatic heterocycles. The monoisotopic (exact) mass is 318 g/mol. The number of benzene rings is 1. The maximum atomic E-state index is 5.97. The highest BCUT2D eigenvalue weighted by atomic mass is 79.9. The smallest absolute Gasteiger partial charge is 0.225 e. The molecule has 0 aliphatic heterocycles. The molecule has 0 amide bonds. The number of para-hydroxylation sites is 1. The fourth-order valence-corrected chi connectivity index (χ4v) is 2.75. The first kappa shape index (κ1) is 12.6. The van der Waals surface area contributed by atoms with Gasteiger partial charge in [-0.25, -0.2) is 9.97 Å². The maximum absolute atomic E-state index is 5.97. The minimum atomic E-state index is 0.707. The molecule has 0 saturated carbocycles. The van der Waals surface area contributed by atoms with Gasteiger partial charge in [-0.1, -0.05) is 18.6 Å². The van der Waals surface area contributed by atoms with Crippen molar-refractivity contribution in [1.29, 1.82) is 0 Å². The first-order valence-electron chi connectivity index (χ1n) is 6.60. The molecule has 0 spiro atoms. The largest absolute Gasteiger partial charge is 0.437 e. The third-order valence-electron chi connectivity index (χ3n) is 3.38. The van der Waals surface area contributed by atoms with Gasteiger partial charge in [0.15, 0.2) is 0 Å². The van der Waals surface area contributed by atoms with Crippen LogP contribution >= 0.6 is 15.9 Å². The Kier molecular flexibility index (Phi) is 3.78. The van der Waals surface area contributed by atoms with E-state index in [9.17, 15) is 0 Å². The van der Waals surface area contributed by atoms with Crippen molar-refractivity contribution in [2.45, 2.75) is 32.1 Å². The van der Waals surface area contributed by atoms with Crippen molar-refractivity contribution in [1.82, 2.24) is 9.97 Å². The predicted molar refractivity (Wildman–Crippen MR) is 77.5 cm³/mol. The lowest BCUT2D eigenvalue weighted by Crippen LogP contribution is -2.01. The molecular weight excluding hydrogens is 304 g/mol. The van der Waals surface area contributed by atoms with Crippen LogP contribution in [0.4, 0.5) is 0 Å². The summed E-state index contributed by atoms with van der Waals surface area (Å²) in [6, 6.07) is 7.84. The van der Waals surface area contributed by atoms with Gasteiger partial charge >= 0.3 is 0 Å². The zero-order valence-corrected chi connectivity index (χ0v) is 12.2. The summed E-state index contributed by atoms with van der Waals surface area (Å²) in [5, 5.41) is 0. The zero-order valence-electron chi connectivity index (χ0n) is 10.6. The molecule has 3 nitrogen and oxygen atoms in total. The Labute approximate surface area is 121 Å². The third kappa shape index (κ3) is 2.78. The lowest BCUT2D eigenvalue weighted by atomic mass is 10.1. The molecule has 1 aromatic carbocycles. The van der Waals surface area contributed by atoms with E-state index >= 15 is 0 Å². The summed E-state index contributed by atoms with van der Waals surface area (Å²) in [5.41, 5.74) is 2.32. The number of aromatic nitrogens is 2. The summed E-state index contributed by atoms with van der Waals surface area (Å²) in [7, 11) is 0. The molecular formula is C15H15BrN2O. The number of halogens is 1. The van der Waals surface area contributed by atoms with Gasteiger partial charge in [0, 0.05) is 5.56 Å². The highest BCUT2D eigenvalue weighted by molar-refractivity contribution is 9.10. The summed E-state index contributed by atoms with van der Waals surface area (Å²) in [6.45, 7) is 0. The average molecular weight is 319 g/mol. The fourth-order valence-electron chi connectivity index (χ4n) is 2.39. The second kappa shape index (κ2) is 5.70. The molecule has 3 rings (SSSR count). The number of aryl methyl sites for hydroxylation is 1. The van der Waals surface area contributed by atoms with Crippen LogP contribution in [0.15, 0.2) is 35.1 Å². The van der Waals surface area contributed by atoms with Crippen LogP contribution in [0.25, 0.3) is 0 Å². The molecule has 0 saturated heterocycles. The van der Waals surface area contributed by atoms with Crippen LogP contribution in [0.3, 0.4) is 0 Å². The van der Waals surface area contributed by atoms with Crippen LogP contribution in [0.1, 0.15) is 30.5 Å². The molecule has 0 bridgehead atoms. The molecule has 19 heavy (non-hydrogen) atoms. The van der Waals surface area contributed by atoms with Crippen molar-refractivity contribution in [3.63, 3.8) is 0 Å². The maximum Gasteiger partial charge on any atom is 0.225 e. The molecule has 0 N–H and O–H groups in total. The summed E-state index contributed by atoms with van der Waals surface area (Å²) in [5.74, 6) is 1.51. The van der Waals surface area contributed by atoms with Crippen LogP contribution in [0.5, 0.6) is 11.6 Å². The van der Waals surface area contributed by atoms with E-state index in [0.717, 1.165) is 28.8 Å². The quantitative estimate of drug-likeness (QED) is 0.774. The zero-order chi connectivity index (χ0) is 13.1. The Morgan fingerprint density at radius 3 is 2.74 bits per heavy atom. The van der Waals surface area contributed by atoms with Crippen LogP contribution in [0, 0.1) is 0 Å². The molecule has 1 heterocycles. The number of rotatable bonds is 2. The number of ether oxygens (including phenoxy) is 1. The Bertz CT molecular complexity index is 586. The van der Waals surface area contributed by atoms with E-state index < -0.39 is 0 Å². The summed E-state index contributed by atoms with van der Waals surface area (Å²) < 4.78 is 6.91. The van der Waals surface area contributed by atoms with Gasteiger partial charge < -0.3 is 4.74 Å². The number of fused-ring (bicyclic) bond motifs is 1. The standard InChI is InChI=1S/C15H15BrN2O/c16-12-7-4-5-9-14(12)19-15-11-6-2-1-3-8-13(11)17-10-18-15/h4-5,7,9-10H,1-3,6,8H2. The molecule has 0 atom stereocenters. The van der Waals surface area contributed by atoms with E-state index in [-0.39, 0.29) is 0 Å². The minimum absolute atomic E-state index is 0.707. The van der Waals surface area contributed by atoms with Gasteiger partial charge in [0.2, 0.25) is 5.88 Å². The molecule has 0 fully saturated rings. The van der Waals surface area contributed by atoms with Crippen LogP contribution < -0.4 is 4.74 Å². The number of hydrogen-bond donors (Lipinski definition) is 0. The molecule has 4 heteroatoms. The van der Waals surface area contributed by atoms with Gasteiger partial charge in [0.1, 0.15) is 12.1 Å². The SMILES string of the molecule is Brc1ccccc1Oc1ncnc2c1CCCCC2. The minimum Gasteiger partial charge on any atom is -0.437 e. The Hall–Kier alpha value is -1.42. The van der Waals surface area contributed by atoms with Crippen molar-refractivity contribution in [3.05, 3.63) is 46.3 Å². The molecule has 2 aromatic rings. The van der Waals surface area contributed by atoms with Crippen molar-refractivity contribution in [2.75, 3.05) is 0 Å². The van der Waals surface area contributed by atoms with Crippen LogP contribution in [-0.2, 0) is 12.8 Å². The van der Waals surface area contributed by atoms with E-state index in [4.69, 9.17) is 4.74 Å². The first-order chi connectivity index (χ1) is 9.34. The average Bonchev–Trinajstić information content (AvgIpc) is 2.67. The summed E-state index contributed by atoms with van der Waals surface area (Å²) in [4.78, 5) is 8.72. The Morgan fingerprint density at radius 2 is 1.84 bits per heavy atom. The van der Waals surface area contributed by atoms with Gasteiger partial charge in [-0.2, -0.15) is 0 Å². The lowest BCUT2D eigenvalue weighted by molar-refractivity contribution is 0.450. The van der Waals surface area contributed by atoms with Gasteiger partial charge in [-0.15, -0.1) is 0 Å². The van der Waals surface area contributed by atoms with Gasteiger partial charge in [0.05, 0.1) is 10.2 Å². The number of hydrogen-bond acceptors (Lipinski definition) is 3. The lowest BCUT2D eigenvalue weighted by Gasteiger charge is -2.12. The molecule has 1 aliphatic rings. The van der Waals surface area contributed by atoms with E-state index in [1.54, 1.807) is 6.33 Å². The van der Waals surface area contributed by atoms with E-state index in [1.165, 1.54) is 24.8 Å². The molecule has 0 unspecified atom stereocenters. The van der Waals surface area contributed by atoms with Crippen molar-refractivity contribution < 1.29 is 4.74 Å². The predicted octanol–water partition coefficient (Wildman–Crippen LogP) is 4.30. The van der Waals surface area contributed by atoms with Gasteiger partial charge in [-0.05, 0) is 53.7 Å². The molecule has 1 aliphatic carbocycles. The fraction of sp³-hybridized carbons (Fsp3) is 0.333. The second-order valence-electron chi connectivity index (χ2n) is 4.70. The van der Waals surface area contributed by atoms with Crippen molar-refractivity contribution >= 4 is 15.9 Å². The topological polar surface area (TPSA) is 35.0 Å². The molecule has 0 radical (unpaired) electrons. The van der Waals surface area contributed by atoms with E-state index in [2.05, 4.69) is 25.9 Å². The Morgan fingerprint density at radius 1 is 1.00 bits per heavy atom. The van der Waals surface area contributed by atoms with Gasteiger partial charge in [0.25, 0.3) is 0 Å². The summed E-state index contributed by atoms with van der Waals surface area (Å²) >= 11 is 3.50. The van der Waals surface area contributed by atoms with E-state index in [1.807, 2.05) is 24.3 Å². The highest BCUT2D eigenvalue weighted by Gasteiger charge is 2.16. The number of nitrogens with zero attached hydrogens (tertiary/aromatic N) is 2. The second-order valence-corrected chi connectivity index (χ2v) is 5.55. The van der Waals surface area contributed by atoms with Crippen LogP contribution in [0.2, 0.25) is 0 Å².